The van der Waals surface area contributed by atoms with Crippen LogP contribution in [-0.4, -0.2) is 16.0 Å². The number of hydrogen-bond donors (Lipinski definition) is 1. The first kappa shape index (κ1) is 13.4. The fourth-order valence-electron chi connectivity index (χ4n) is 3.88. The quantitative estimate of drug-likeness (QED) is 0.732. The predicted molar refractivity (Wildman–Crippen MR) is 91.0 cm³/mol. The van der Waals surface area contributed by atoms with Crippen LogP contribution in [0.25, 0.3) is 10.9 Å². The third-order valence-electron chi connectivity index (χ3n) is 4.99. The summed E-state index contributed by atoms with van der Waals surface area (Å²) in [7, 11) is 0. The number of anilines is 1. The fourth-order valence-corrected chi connectivity index (χ4v) is 4.24. The van der Waals surface area contributed by atoms with Gasteiger partial charge in [-0.15, -0.1) is 0 Å². The molecule has 2 aliphatic rings. The summed E-state index contributed by atoms with van der Waals surface area (Å²) in [6.07, 6.45) is 2.54. The molecule has 0 radical (unpaired) electrons. The van der Waals surface area contributed by atoms with E-state index in [1.165, 1.54) is 5.56 Å². The van der Waals surface area contributed by atoms with Crippen LogP contribution in [0.3, 0.4) is 0 Å². The molecule has 2 aromatic carbocycles. The first-order valence-corrected chi connectivity index (χ1v) is 8.45. The highest BCUT2D eigenvalue weighted by molar-refractivity contribution is 9.10. The van der Waals surface area contributed by atoms with Gasteiger partial charge in [0.25, 0.3) is 0 Å². The van der Waals surface area contributed by atoms with E-state index < -0.39 is 0 Å². The zero-order valence-electron chi connectivity index (χ0n) is 12.1. The molecular formula is C18H13BrFN3. The Bertz CT molecular complexity index is 943. The number of nitrogens with one attached hydrogen (secondary N) is 1. The second-order valence-electron chi connectivity index (χ2n) is 6.29. The molecule has 1 heterocycles. The van der Waals surface area contributed by atoms with Gasteiger partial charge in [0.2, 0.25) is 0 Å². The molecule has 1 N–H and O–H groups in total. The highest BCUT2D eigenvalue weighted by Crippen LogP contribution is 2.57. The lowest BCUT2D eigenvalue weighted by Crippen LogP contribution is -2.11. The van der Waals surface area contributed by atoms with Crippen molar-refractivity contribution in [1.82, 2.24) is 9.97 Å². The van der Waals surface area contributed by atoms with Gasteiger partial charge >= 0.3 is 0 Å². The fraction of sp³-hybridized carbons (Fsp3) is 0.222. The monoisotopic (exact) mass is 369 g/mol. The van der Waals surface area contributed by atoms with Crippen molar-refractivity contribution < 1.29 is 4.39 Å². The predicted octanol–water partition coefficient (Wildman–Crippen LogP) is 4.28. The van der Waals surface area contributed by atoms with Crippen LogP contribution in [-0.2, 0) is 6.42 Å². The molecule has 0 aliphatic heterocycles. The Labute approximate surface area is 141 Å². The van der Waals surface area contributed by atoms with E-state index in [4.69, 9.17) is 0 Å². The van der Waals surface area contributed by atoms with Crippen molar-refractivity contribution in [2.75, 3.05) is 5.32 Å². The minimum absolute atomic E-state index is 0.138. The van der Waals surface area contributed by atoms with E-state index in [9.17, 15) is 4.39 Å². The molecule has 1 fully saturated rings. The number of halogens is 2. The second-order valence-corrected chi connectivity index (χ2v) is 7.21. The maximum atomic E-state index is 13.3. The Hall–Kier alpha value is -2.01. The van der Waals surface area contributed by atoms with Gasteiger partial charge < -0.3 is 5.32 Å². The largest absolute Gasteiger partial charge is 0.366 e. The number of benzene rings is 2. The van der Waals surface area contributed by atoms with Gasteiger partial charge in [0.1, 0.15) is 18.0 Å². The lowest BCUT2D eigenvalue weighted by Gasteiger charge is -2.12. The molecule has 2 aliphatic carbocycles. The van der Waals surface area contributed by atoms with Gasteiger partial charge in [-0.1, -0.05) is 22.0 Å². The highest BCUT2D eigenvalue weighted by atomic mass is 79.9. The zero-order valence-corrected chi connectivity index (χ0v) is 13.7. The standard InChI is InChI=1S/C18H13BrFN3/c19-10-1-4-15-13(7-10)18(22-8-21-15)23-17-14-6-9-5-11(20)2-3-12(9)16(14)17/h1-5,7-8,14,16-17H,6H2,(H,21,22,23). The lowest BCUT2D eigenvalue weighted by atomic mass is 10.0. The normalized spacial score (nSPS) is 24.3. The topological polar surface area (TPSA) is 37.8 Å². The van der Waals surface area contributed by atoms with E-state index in [2.05, 4.69) is 31.2 Å². The molecule has 5 rings (SSSR count). The highest BCUT2D eigenvalue weighted by Gasteiger charge is 2.56. The summed E-state index contributed by atoms with van der Waals surface area (Å²) in [5.41, 5.74) is 3.38. The van der Waals surface area contributed by atoms with Crippen LogP contribution in [0.2, 0.25) is 0 Å². The molecule has 0 saturated heterocycles. The molecule has 23 heavy (non-hydrogen) atoms. The van der Waals surface area contributed by atoms with E-state index >= 15 is 0 Å². The molecule has 5 heteroatoms. The van der Waals surface area contributed by atoms with Crippen molar-refractivity contribution in [3.63, 3.8) is 0 Å². The van der Waals surface area contributed by atoms with E-state index in [1.807, 2.05) is 24.3 Å². The zero-order chi connectivity index (χ0) is 15.6. The van der Waals surface area contributed by atoms with Gasteiger partial charge in [-0.3, -0.25) is 0 Å². The van der Waals surface area contributed by atoms with E-state index in [1.54, 1.807) is 18.5 Å². The molecule has 114 valence electrons. The molecule has 0 spiro atoms. The first-order valence-electron chi connectivity index (χ1n) is 7.66. The van der Waals surface area contributed by atoms with Gasteiger partial charge in [-0.2, -0.15) is 0 Å². The Balaban J connectivity index is 1.47. The molecule has 3 nitrogen and oxygen atoms in total. The number of fused-ring (bicyclic) bond motifs is 4. The molecule has 3 atom stereocenters. The Kier molecular flexibility index (Phi) is 2.77. The van der Waals surface area contributed by atoms with Crippen molar-refractivity contribution in [2.45, 2.75) is 18.4 Å². The molecule has 0 amide bonds. The summed E-state index contributed by atoms with van der Waals surface area (Å²) in [5, 5.41) is 4.60. The smallest absolute Gasteiger partial charge is 0.137 e. The van der Waals surface area contributed by atoms with Gasteiger partial charge in [0, 0.05) is 21.8 Å². The summed E-state index contributed by atoms with van der Waals surface area (Å²) in [4.78, 5) is 8.74. The third kappa shape index (κ3) is 2.06. The van der Waals surface area contributed by atoms with Crippen molar-refractivity contribution in [1.29, 1.82) is 0 Å². The van der Waals surface area contributed by atoms with Crippen LogP contribution in [0.4, 0.5) is 10.2 Å². The molecule has 3 unspecified atom stereocenters. The molecular weight excluding hydrogens is 357 g/mol. The van der Waals surface area contributed by atoms with Gasteiger partial charge in [-0.25, -0.2) is 14.4 Å². The summed E-state index contributed by atoms with van der Waals surface area (Å²) in [5.74, 6) is 1.76. The molecule has 0 bridgehead atoms. The summed E-state index contributed by atoms with van der Waals surface area (Å²) < 4.78 is 14.3. The maximum absolute atomic E-state index is 13.3. The van der Waals surface area contributed by atoms with Crippen molar-refractivity contribution in [2.24, 2.45) is 5.92 Å². The van der Waals surface area contributed by atoms with Crippen LogP contribution in [0, 0.1) is 11.7 Å². The summed E-state index contributed by atoms with van der Waals surface area (Å²) >= 11 is 3.51. The minimum Gasteiger partial charge on any atom is -0.366 e. The van der Waals surface area contributed by atoms with E-state index in [-0.39, 0.29) is 5.82 Å². The number of aromatic nitrogens is 2. The second kappa shape index (κ2) is 4.74. The minimum atomic E-state index is -0.138. The van der Waals surface area contributed by atoms with E-state index in [0.717, 1.165) is 33.2 Å². The van der Waals surface area contributed by atoms with E-state index in [0.29, 0.717) is 17.9 Å². The van der Waals surface area contributed by atoms with Crippen LogP contribution in [0.5, 0.6) is 0 Å². The number of rotatable bonds is 2. The van der Waals surface area contributed by atoms with Crippen LogP contribution < -0.4 is 5.32 Å². The molecule has 1 saturated carbocycles. The lowest BCUT2D eigenvalue weighted by molar-refractivity contribution is 0.624. The Morgan fingerprint density at radius 2 is 2.04 bits per heavy atom. The summed E-state index contributed by atoms with van der Waals surface area (Å²) in [6.45, 7) is 0. The van der Waals surface area contributed by atoms with Crippen LogP contribution in [0.15, 0.2) is 47.2 Å². The number of nitrogens with zero attached hydrogens (tertiary/aromatic N) is 2. The molecule has 3 aromatic rings. The van der Waals surface area contributed by atoms with Crippen LogP contribution in [0.1, 0.15) is 17.0 Å². The van der Waals surface area contributed by atoms with Gasteiger partial charge in [0.05, 0.1) is 5.52 Å². The SMILES string of the molecule is Fc1ccc2c(c1)CC1C(Nc3ncnc4ccc(Br)cc34)C21. The van der Waals surface area contributed by atoms with Gasteiger partial charge in [0.15, 0.2) is 0 Å². The maximum Gasteiger partial charge on any atom is 0.137 e. The van der Waals surface area contributed by atoms with Crippen molar-refractivity contribution >= 4 is 32.7 Å². The van der Waals surface area contributed by atoms with Crippen molar-refractivity contribution in [3.05, 3.63) is 64.1 Å². The summed E-state index contributed by atoms with van der Waals surface area (Å²) in [6, 6.07) is 11.6. The Morgan fingerprint density at radius 1 is 1.13 bits per heavy atom. The van der Waals surface area contributed by atoms with Gasteiger partial charge in [-0.05, 0) is 53.8 Å². The first-order chi connectivity index (χ1) is 11.2. The Morgan fingerprint density at radius 3 is 2.96 bits per heavy atom. The number of hydrogen-bond acceptors (Lipinski definition) is 3. The van der Waals surface area contributed by atoms with Crippen LogP contribution >= 0.6 is 15.9 Å². The molecule has 1 aromatic heterocycles. The third-order valence-corrected chi connectivity index (χ3v) is 5.48. The average molecular weight is 370 g/mol. The average Bonchev–Trinajstić information content (AvgIpc) is 3.05. The van der Waals surface area contributed by atoms with Crippen molar-refractivity contribution in [3.8, 4) is 0 Å².